The second-order valence-corrected chi connectivity index (χ2v) is 5.66. The fraction of sp³-hybridized carbons (Fsp3) is 0.462. The molecule has 2 unspecified atom stereocenters. The van der Waals surface area contributed by atoms with Crippen LogP contribution in [-0.2, 0) is 0 Å². The maximum atomic E-state index is 6.11. The summed E-state index contributed by atoms with van der Waals surface area (Å²) in [5.74, 6) is 1.53. The number of halogens is 2. The molecule has 1 fully saturated rings. The Morgan fingerprint density at radius 1 is 1.33 bits per heavy atom. The first-order valence-electron chi connectivity index (χ1n) is 6.14. The molecule has 0 radical (unpaired) electrons. The van der Waals surface area contributed by atoms with Gasteiger partial charge in [-0.25, -0.2) is 4.98 Å². The lowest BCUT2D eigenvalue weighted by Crippen LogP contribution is -2.17. The molecule has 0 spiro atoms. The zero-order valence-corrected chi connectivity index (χ0v) is 11.3. The first-order chi connectivity index (χ1) is 8.69. The Balaban J connectivity index is 2.05. The first kappa shape index (κ1) is 12.3. The van der Waals surface area contributed by atoms with E-state index in [0.717, 1.165) is 24.2 Å². The number of benzene rings is 1. The average Bonchev–Trinajstić information content (AvgIpc) is 2.92. The second kappa shape index (κ2) is 4.72. The molecule has 2 atom stereocenters. The molecule has 5 heteroatoms. The summed E-state index contributed by atoms with van der Waals surface area (Å²) in [4.78, 5) is 4.52. The molecule has 1 saturated carbocycles. The fourth-order valence-electron chi connectivity index (χ4n) is 2.78. The molecule has 0 saturated heterocycles. The molecule has 0 aliphatic heterocycles. The summed E-state index contributed by atoms with van der Waals surface area (Å²) in [5, 5.41) is 1.09. The molecular weight excluding hydrogens is 271 g/mol. The highest BCUT2D eigenvalue weighted by molar-refractivity contribution is 6.37. The molecule has 18 heavy (non-hydrogen) atoms. The van der Waals surface area contributed by atoms with E-state index in [0.29, 0.717) is 34.0 Å². The summed E-state index contributed by atoms with van der Waals surface area (Å²) in [5.41, 5.74) is 7.14. The minimum atomic E-state index is 0.317. The van der Waals surface area contributed by atoms with Crippen LogP contribution in [0.1, 0.15) is 31.1 Å². The van der Waals surface area contributed by atoms with Gasteiger partial charge in [-0.3, -0.25) is 0 Å². The molecule has 1 aliphatic rings. The summed E-state index contributed by atoms with van der Waals surface area (Å²) in [7, 11) is 0. The van der Waals surface area contributed by atoms with E-state index in [2.05, 4.69) is 4.98 Å². The van der Waals surface area contributed by atoms with Crippen molar-refractivity contribution in [3.05, 3.63) is 28.1 Å². The highest BCUT2D eigenvalue weighted by Crippen LogP contribution is 2.40. The monoisotopic (exact) mass is 284 g/mol. The number of hydrogen-bond acceptors (Lipinski definition) is 3. The highest BCUT2D eigenvalue weighted by Gasteiger charge is 2.31. The minimum Gasteiger partial charge on any atom is -0.439 e. The van der Waals surface area contributed by atoms with E-state index in [1.54, 1.807) is 12.1 Å². The van der Waals surface area contributed by atoms with Gasteiger partial charge in [0, 0.05) is 10.9 Å². The summed E-state index contributed by atoms with van der Waals surface area (Å²) < 4.78 is 5.81. The molecule has 3 rings (SSSR count). The van der Waals surface area contributed by atoms with Gasteiger partial charge in [0.05, 0.1) is 5.02 Å². The molecule has 3 nitrogen and oxygen atoms in total. The number of aromatic nitrogens is 1. The van der Waals surface area contributed by atoms with Gasteiger partial charge in [0.1, 0.15) is 5.52 Å². The van der Waals surface area contributed by atoms with E-state index >= 15 is 0 Å². The van der Waals surface area contributed by atoms with Crippen LogP contribution in [0.15, 0.2) is 16.5 Å². The van der Waals surface area contributed by atoms with Gasteiger partial charge in [-0.15, -0.1) is 0 Å². The maximum absolute atomic E-state index is 6.11. The van der Waals surface area contributed by atoms with Crippen molar-refractivity contribution < 1.29 is 4.42 Å². The van der Waals surface area contributed by atoms with Crippen LogP contribution in [0.5, 0.6) is 0 Å². The maximum Gasteiger partial charge on any atom is 0.199 e. The summed E-state index contributed by atoms with van der Waals surface area (Å²) in [6.07, 6.45) is 3.41. The number of fused-ring (bicyclic) bond motifs is 1. The Kier molecular flexibility index (Phi) is 3.22. The van der Waals surface area contributed by atoms with Gasteiger partial charge in [-0.1, -0.05) is 29.6 Å². The van der Waals surface area contributed by atoms with Gasteiger partial charge in [0.2, 0.25) is 0 Å². The Morgan fingerprint density at radius 2 is 2.17 bits per heavy atom. The highest BCUT2D eigenvalue weighted by atomic mass is 35.5. The van der Waals surface area contributed by atoms with Crippen molar-refractivity contribution in [2.75, 3.05) is 6.54 Å². The van der Waals surface area contributed by atoms with Crippen LogP contribution in [0, 0.1) is 5.92 Å². The van der Waals surface area contributed by atoms with Crippen molar-refractivity contribution in [3.8, 4) is 0 Å². The predicted octanol–water partition coefficient (Wildman–Crippen LogP) is 3.98. The third-order valence-electron chi connectivity index (χ3n) is 3.71. The quantitative estimate of drug-likeness (QED) is 0.908. The lowest BCUT2D eigenvalue weighted by molar-refractivity contribution is 0.401. The Hall–Kier alpha value is -0.770. The number of rotatable bonds is 2. The van der Waals surface area contributed by atoms with Crippen LogP contribution in [0.25, 0.3) is 11.1 Å². The first-order valence-corrected chi connectivity index (χ1v) is 6.90. The number of nitrogens with zero attached hydrogens (tertiary/aromatic N) is 1. The smallest absolute Gasteiger partial charge is 0.199 e. The largest absolute Gasteiger partial charge is 0.439 e. The van der Waals surface area contributed by atoms with Crippen LogP contribution < -0.4 is 5.73 Å². The van der Waals surface area contributed by atoms with Crippen molar-refractivity contribution in [2.45, 2.75) is 25.2 Å². The van der Waals surface area contributed by atoms with Crippen molar-refractivity contribution in [3.63, 3.8) is 0 Å². The van der Waals surface area contributed by atoms with Crippen LogP contribution >= 0.6 is 23.2 Å². The fourth-order valence-corrected chi connectivity index (χ4v) is 3.30. The predicted molar refractivity (Wildman–Crippen MR) is 73.2 cm³/mol. The lowest BCUT2D eigenvalue weighted by atomic mass is 9.96. The lowest BCUT2D eigenvalue weighted by Gasteiger charge is -2.13. The zero-order chi connectivity index (χ0) is 12.7. The summed E-state index contributed by atoms with van der Waals surface area (Å²) >= 11 is 12.1. The van der Waals surface area contributed by atoms with Gasteiger partial charge in [0.15, 0.2) is 11.5 Å². The number of hydrogen-bond donors (Lipinski definition) is 1. The van der Waals surface area contributed by atoms with Crippen LogP contribution in [0.3, 0.4) is 0 Å². The van der Waals surface area contributed by atoms with Crippen molar-refractivity contribution in [2.24, 2.45) is 11.7 Å². The average molecular weight is 285 g/mol. The Labute approximate surface area is 115 Å². The zero-order valence-electron chi connectivity index (χ0n) is 9.83. The SMILES string of the molecule is NCC1CCCC1c1nc2cc(Cl)cc(Cl)c2o1. The van der Waals surface area contributed by atoms with Gasteiger partial charge in [0.25, 0.3) is 0 Å². The minimum absolute atomic E-state index is 0.317. The molecule has 2 aromatic rings. The number of nitrogens with two attached hydrogens (primary N) is 1. The van der Waals surface area contributed by atoms with E-state index in [1.807, 2.05) is 0 Å². The molecule has 1 aromatic carbocycles. The standard InChI is InChI=1S/C13H14Cl2N2O/c14-8-4-10(15)12-11(5-8)17-13(18-12)9-3-1-2-7(9)6-16/h4-5,7,9H,1-3,6,16H2. The number of oxazole rings is 1. The van der Waals surface area contributed by atoms with E-state index in [-0.39, 0.29) is 0 Å². The third-order valence-corrected chi connectivity index (χ3v) is 4.20. The van der Waals surface area contributed by atoms with Crippen molar-refractivity contribution >= 4 is 34.3 Å². The normalized spacial score (nSPS) is 23.9. The molecule has 1 aromatic heterocycles. The van der Waals surface area contributed by atoms with Crippen molar-refractivity contribution in [1.29, 1.82) is 0 Å². The third kappa shape index (κ3) is 2.00. The molecule has 96 valence electrons. The summed E-state index contributed by atoms with van der Waals surface area (Å²) in [6, 6.07) is 3.46. The molecular formula is C13H14Cl2N2O. The Morgan fingerprint density at radius 3 is 2.94 bits per heavy atom. The van der Waals surface area contributed by atoms with E-state index in [1.165, 1.54) is 6.42 Å². The van der Waals surface area contributed by atoms with Crippen LogP contribution in [0.4, 0.5) is 0 Å². The Bertz CT molecular complexity index is 582. The van der Waals surface area contributed by atoms with Gasteiger partial charge in [-0.2, -0.15) is 0 Å². The second-order valence-electron chi connectivity index (χ2n) is 4.82. The molecule has 1 heterocycles. The van der Waals surface area contributed by atoms with Gasteiger partial charge in [-0.05, 0) is 37.4 Å². The van der Waals surface area contributed by atoms with Crippen molar-refractivity contribution in [1.82, 2.24) is 4.98 Å². The molecule has 0 amide bonds. The van der Waals surface area contributed by atoms with E-state index in [9.17, 15) is 0 Å². The van der Waals surface area contributed by atoms with Crippen LogP contribution in [-0.4, -0.2) is 11.5 Å². The molecule has 2 N–H and O–H groups in total. The van der Waals surface area contributed by atoms with Gasteiger partial charge < -0.3 is 10.2 Å². The molecule has 1 aliphatic carbocycles. The van der Waals surface area contributed by atoms with Crippen LogP contribution in [0.2, 0.25) is 10.0 Å². The van der Waals surface area contributed by atoms with E-state index < -0.39 is 0 Å². The topological polar surface area (TPSA) is 52.0 Å². The molecule has 0 bridgehead atoms. The van der Waals surface area contributed by atoms with E-state index in [4.69, 9.17) is 33.4 Å². The van der Waals surface area contributed by atoms with Gasteiger partial charge >= 0.3 is 0 Å². The summed E-state index contributed by atoms with van der Waals surface area (Å²) in [6.45, 7) is 0.678.